The van der Waals surface area contributed by atoms with Crippen molar-refractivity contribution in [1.29, 1.82) is 0 Å². The van der Waals surface area contributed by atoms with Crippen LogP contribution >= 0.6 is 23.1 Å². The van der Waals surface area contributed by atoms with E-state index in [1.165, 1.54) is 5.56 Å². The Kier molecular flexibility index (Phi) is 4.48. The van der Waals surface area contributed by atoms with Crippen LogP contribution in [-0.4, -0.2) is 35.4 Å². The van der Waals surface area contributed by atoms with E-state index in [-0.39, 0.29) is 12.1 Å². The lowest BCUT2D eigenvalue weighted by Gasteiger charge is -2.31. The van der Waals surface area contributed by atoms with Crippen LogP contribution in [0.25, 0.3) is 0 Å². The van der Waals surface area contributed by atoms with Gasteiger partial charge in [-0.2, -0.15) is 23.1 Å². The van der Waals surface area contributed by atoms with Crippen LogP contribution in [0.5, 0.6) is 0 Å². The maximum absolute atomic E-state index is 12.0. The lowest BCUT2D eigenvalue weighted by Crippen LogP contribution is -2.40. The van der Waals surface area contributed by atoms with Crippen molar-refractivity contribution in [1.82, 2.24) is 10.2 Å². The summed E-state index contributed by atoms with van der Waals surface area (Å²) in [5, 5.41) is 7.49. The average Bonchev–Trinajstić information content (AvgIpc) is 2.95. The first-order valence-electron chi connectivity index (χ1n) is 5.83. The number of thioether (sulfide) groups is 1. The molecule has 5 heteroatoms. The molecule has 1 N–H and O–H groups in total. The van der Waals surface area contributed by atoms with Gasteiger partial charge in [0, 0.05) is 11.8 Å². The molecule has 1 aliphatic heterocycles. The van der Waals surface area contributed by atoms with Crippen LogP contribution < -0.4 is 5.32 Å². The lowest BCUT2D eigenvalue weighted by molar-refractivity contribution is -0.130. The van der Waals surface area contributed by atoms with Crippen LogP contribution in [0.1, 0.15) is 25.1 Å². The molecule has 17 heavy (non-hydrogen) atoms. The van der Waals surface area contributed by atoms with E-state index in [9.17, 15) is 4.79 Å². The van der Waals surface area contributed by atoms with E-state index in [0.717, 1.165) is 12.2 Å². The fourth-order valence-electron chi connectivity index (χ4n) is 2.23. The molecule has 0 spiro atoms. The highest BCUT2D eigenvalue weighted by molar-refractivity contribution is 7.98. The summed E-state index contributed by atoms with van der Waals surface area (Å²) in [7, 11) is 0. The molecule has 1 aliphatic rings. The molecule has 1 amide bonds. The Labute approximate surface area is 111 Å². The summed E-state index contributed by atoms with van der Waals surface area (Å²) in [6.45, 7) is 2.61. The van der Waals surface area contributed by atoms with Crippen LogP contribution in [0.2, 0.25) is 0 Å². The van der Waals surface area contributed by atoms with E-state index in [1.807, 2.05) is 4.90 Å². The molecule has 3 nitrogen and oxygen atoms in total. The standard InChI is InChI=1S/C12H18N2OS2/c1-3-10(8-16-2)14-11(15)6-13-12(14)9-4-5-17-7-9/h4-5,7,10,12-13H,3,6,8H2,1-2H3. The predicted octanol–water partition coefficient (Wildman–Crippen LogP) is 2.32. The summed E-state index contributed by atoms with van der Waals surface area (Å²) in [6, 6.07) is 2.43. The van der Waals surface area contributed by atoms with Crippen molar-refractivity contribution in [3.8, 4) is 0 Å². The molecular weight excluding hydrogens is 252 g/mol. The summed E-state index contributed by atoms with van der Waals surface area (Å²) in [5.41, 5.74) is 1.21. The number of nitrogens with zero attached hydrogens (tertiary/aromatic N) is 1. The maximum atomic E-state index is 12.0. The van der Waals surface area contributed by atoms with E-state index in [1.54, 1.807) is 23.1 Å². The molecular formula is C12H18N2OS2. The second-order valence-electron chi connectivity index (χ2n) is 4.16. The molecule has 1 aromatic rings. The Bertz CT molecular complexity index is 367. The number of nitrogens with one attached hydrogen (secondary N) is 1. The van der Waals surface area contributed by atoms with E-state index >= 15 is 0 Å². The zero-order chi connectivity index (χ0) is 12.3. The van der Waals surface area contributed by atoms with Gasteiger partial charge in [-0.25, -0.2) is 0 Å². The molecule has 0 radical (unpaired) electrons. The van der Waals surface area contributed by atoms with Gasteiger partial charge in [0.15, 0.2) is 0 Å². The van der Waals surface area contributed by atoms with Crippen molar-refractivity contribution >= 4 is 29.0 Å². The smallest absolute Gasteiger partial charge is 0.238 e. The number of thiophene rings is 1. The maximum Gasteiger partial charge on any atom is 0.238 e. The molecule has 94 valence electrons. The van der Waals surface area contributed by atoms with E-state index in [4.69, 9.17) is 0 Å². The van der Waals surface area contributed by atoms with Crippen LogP contribution in [0, 0.1) is 0 Å². The van der Waals surface area contributed by atoms with Crippen LogP contribution in [-0.2, 0) is 4.79 Å². The first kappa shape index (κ1) is 12.9. The van der Waals surface area contributed by atoms with Crippen molar-refractivity contribution in [2.24, 2.45) is 0 Å². The molecule has 0 aliphatic carbocycles. The zero-order valence-electron chi connectivity index (χ0n) is 10.2. The van der Waals surface area contributed by atoms with Gasteiger partial charge in [-0.05, 0) is 35.1 Å². The summed E-state index contributed by atoms with van der Waals surface area (Å²) < 4.78 is 0. The van der Waals surface area contributed by atoms with Gasteiger partial charge in [0.2, 0.25) is 5.91 Å². The normalized spacial score (nSPS) is 22.1. The molecule has 0 saturated carbocycles. The second-order valence-corrected chi connectivity index (χ2v) is 5.85. The number of hydrogen-bond acceptors (Lipinski definition) is 4. The van der Waals surface area contributed by atoms with Gasteiger partial charge in [0.05, 0.1) is 6.54 Å². The summed E-state index contributed by atoms with van der Waals surface area (Å²) in [4.78, 5) is 14.0. The average molecular weight is 270 g/mol. The Morgan fingerprint density at radius 3 is 3.12 bits per heavy atom. The number of hydrogen-bond donors (Lipinski definition) is 1. The van der Waals surface area contributed by atoms with Crippen molar-refractivity contribution in [2.75, 3.05) is 18.6 Å². The van der Waals surface area contributed by atoms with Gasteiger partial charge in [-0.3, -0.25) is 10.1 Å². The van der Waals surface area contributed by atoms with Crippen molar-refractivity contribution < 1.29 is 4.79 Å². The molecule has 0 aromatic carbocycles. The zero-order valence-corrected chi connectivity index (χ0v) is 11.8. The van der Waals surface area contributed by atoms with E-state index in [2.05, 4.69) is 35.3 Å². The number of carbonyl (C=O) groups excluding carboxylic acids is 1. The SMILES string of the molecule is CCC(CSC)N1C(=O)CNC1c1ccsc1. The molecule has 2 rings (SSSR count). The van der Waals surface area contributed by atoms with Gasteiger partial charge in [0.25, 0.3) is 0 Å². The third-order valence-corrected chi connectivity index (χ3v) is 4.51. The van der Waals surface area contributed by atoms with Crippen LogP contribution in [0.3, 0.4) is 0 Å². The van der Waals surface area contributed by atoms with Crippen molar-refractivity contribution in [3.05, 3.63) is 22.4 Å². The molecule has 1 aromatic heterocycles. The highest BCUT2D eigenvalue weighted by atomic mass is 32.2. The molecule has 0 bridgehead atoms. The van der Waals surface area contributed by atoms with Gasteiger partial charge < -0.3 is 4.90 Å². The fourth-order valence-corrected chi connectivity index (χ4v) is 3.69. The minimum absolute atomic E-state index is 0.0749. The third kappa shape index (κ3) is 2.67. The molecule has 2 unspecified atom stereocenters. The monoisotopic (exact) mass is 270 g/mol. The van der Waals surface area contributed by atoms with Gasteiger partial charge in [-0.15, -0.1) is 0 Å². The van der Waals surface area contributed by atoms with Crippen molar-refractivity contribution in [2.45, 2.75) is 25.6 Å². The second kappa shape index (κ2) is 5.89. The summed E-state index contributed by atoms with van der Waals surface area (Å²) in [6.07, 6.45) is 3.18. The minimum atomic E-state index is 0.0749. The number of amides is 1. The Morgan fingerprint density at radius 2 is 2.53 bits per heavy atom. The molecule has 1 fully saturated rings. The quantitative estimate of drug-likeness (QED) is 0.891. The Morgan fingerprint density at radius 1 is 1.71 bits per heavy atom. The van der Waals surface area contributed by atoms with E-state index in [0.29, 0.717) is 12.6 Å². The van der Waals surface area contributed by atoms with E-state index < -0.39 is 0 Å². The van der Waals surface area contributed by atoms with Gasteiger partial charge in [-0.1, -0.05) is 6.92 Å². The highest BCUT2D eigenvalue weighted by Crippen LogP contribution is 2.28. The summed E-state index contributed by atoms with van der Waals surface area (Å²) in [5.74, 6) is 1.23. The van der Waals surface area contributed by atoms with Gasteiger partial charge >= 0.3 is 0 Å². The Balaban J connectivity index is 2.18. The highest BCUT2D eigenvalue weighted by Gasteiger charge is 2.35. The van der Waals surface area contributed by atoms with Crippen LogP contribution in [0.4, 0.5) is 0 Å². The van der Waals surface area contributed by atoms with Gasteiger partial charge in [0.1, 0.15) is 6.17 Å². The summed E-state index contributed by atoms with van der Waals surface area (Å²) >= 11 is 3.48. The lowest BCUT2D eigenvalue weighted by atomic mass is 10.1. The molecule has 2 atom stereocenters. The van der Waals surface area contributed by atoms with Crippen LogP contribution in [0.15, 0.2) is 16.8 Å². The first-order valence-corrected chi connectivity index (χ1v) is 8.17. The largest absolute Gasteiger partial charge is 0.318 e. The van der Waals surface area contributed by atoms with Crippen molar-refractivity contribution in [3.63, 3.8) is 0 Å². The number of rotatable bonds is 5. The fraction of sp³-hybridized carbons (Fsp3) is 0.583. The predicted molar refractivity (Wildman–Crippen MR) is 74.4 cm³/mol. The third-order valence-electron chi connectivity index (χ3n) is 3.10. The Hall–Kier alpha value is -0.520. The first-order chi connectivity index (χ1) is 8.27. The topological polar surface area (TPSA) is 32.3 Å². The number of carbonyl (C=O) groups is 1. The molecule has 2 heterocycles. The minimum Gasteiger partial charge on any atom is -0.318 e. The molecule has 1 saturated heterocycles.